The number of rotatable bonds is 10. The molecule has 13 heteroatoms. The first-order chi connectivity index (χ1) is 20.7. The number of nitrogens with zero attached hydrogens (tertiary/aromatic N) is 6. The predicted octanol–water partition coefficient (Wildman–Crippen LogP) is 5.61. The van der Waals surface area contributed by atoms with Gasteiger partial charge in [-0.1, -0.05) is 13.0 Å². The van der Waals surface area contributed by atoms with Crippen LogP contribution in [0.1, 0.15) is 35.7 Å². The maximum atomic E-state index is 13.4. The number of hydrogen-bond donors (Lipinski definition) is 2. The Morgan fingerprint density at radius 2 is 1.98 bits per heavy atom. The normalized spacial score (nSPS) is 15.3. The highest BCUT2D eigenvalue weighted by Gasteiger charge is 2.31. The molecule has 1 atom stereocenters. The molecule has 226 valence electrons. The molecule has 2 aromatic heterocycles. The first-order valence-electron chi connectivity index (χ1n) is 13.9. The van der Waals surface area contributed by atoms with Gasteiger partial charge in [-0.2, -0.15) is 13.2 Å². The minimum absolute atomic E-state index is 0.108. The summed E-state index contributed by atoms with van der Waals surface area (Å²) in [5.41, 5.74) is -0.0347. The predicted molar refractivity (Wildman–Crippen MR) is 158 cm³/mol. The number of likely N-dealkylation sites (N-methyl/N-ethyl adjacent to an activating group) is 1. The second-order valence-electron chi connectivity index (χ2n) is 10.2. The Labute approximate surface area is 247 Å². The van der Waals surface area contributed by atoms with E-state index in [9.17, 15) is 18.0 Å². The number of benzene rings is 2. The lowest BCUT2D eigenvalue weighted by Gasteiger charge is -2.23. The third-order valence-electron chi connectivity index (χ3n) is 7.48. The van der Waals surface area contributed by atoms with Crippen molar-refractivity contribution in [2.75, 3.05) is 49.3 Å². The van der Waals surface area contributed by atoms with Gasteiger partial charge in [0, 0.05) is 61.1 Å². The number of alkyl halides is 3. The molecular formula is C30H33F3N8O2. The number of methoxy groups -OCH3 is 1. The first-order valence-corrected chi connectivity index (χ1v) is 13.9. The zero-order valence-electron chi connectivity index (χ0n) is 24.1. The number of anilines is 4. The minimum Gasteiger partial charge on any atom is -0.497 e. The van der Waals surface area contributed by atoms with E-state index in [1.165, 1.54) is 45.1 Å². The molecule has 1 unspecified atom stereocenters. The van der Waals surface area contributed by atoms with Gasteiger partial charge in [-0.3, -0.25) is 14.3 Å². The molecule has 1 aliphatic rings. The van der Waals surface area contributed by atoms with Crippen molar-refractivity contribution in [2.24, 2.45) is 0 Å². The van der Waals surface area contributed by atoms with Crippen LogP contribution in [0, 0.1) is 0 Å². The summed E-state index contributed by atoms with van der Waals surface area (Å²) in [5.74, 6) is 1.57. The van der Waals surface area contributed by atoms with Gasteiger partial charge in [0.2, 0.25) is 5.95 Å². The molecule has 0 radical (unpaired) electrons. The molecule has 1 amide bonds. The van der Waals surface area contributed by atoms with Crippen LogP contribution in [0.5, 0.6) is 5.75 Å². The number of hydrogen-bond acceptors (Lipinski definition) is 8. The van der Waals surface area contributed by atoms with Gasteiger partial charge in [0.05, 0.1) is 12.7 Å². The Bertz CT molecular complexity index is 1580. The second-order valence-corrected chi connectivity index (χ2v) is 10.2. The fourth-order valence-electron chi connectivity index (χ4n) is 5.16. The summed E-state index contributed by atoms with van der Waals surface area (Å²) in [5, 5.41) is 6.63. The Hall–Kier alpha value is -4.65. The quantitative estimate of drug-likeness (QED) is 0.245. The van der Waals surface area contributed by atoms with Crippen LogP contribution in [-0.2, 0) is 6.18 Å². The van der Waals surface area contributed by atoms with E-state index in [1.54, 1.807) is 29.1 Å². The van der Waals surface area contributed by atoms with Crippen molar-refractivity contribution >= 4 is 29.0 Å². The van der Waals surface area contributed by atoms with Crippen LogP contribution in [0.2, 0.25) is 0 Å². The second kappa shape index (κ2) is 12.7. The lowest BCUT2D eigenvalue weighted by molar-refractivity contribution is -0.137. The van der Waals surface area contributed by atoms with Crippen LogP contribution in [0.3, 0.4) is 0 Å². The van der Waals surface area contributed by atoms with E-state index < -0.39 is 17.6 Å². The van der Waals surface area contributed by atoms with Crippen LogP contribution >= 0.6 is 0 Å². The number of amides is 1. The smallest absolute Gasteiger partial charge is 0.416 e. The average molecular weight is 595 g/mol. The number of imidazole rings is 1. The standard InChI is InChI=1S/C30H33F3N8O2/c1-4-40-11-6-9-24(40)18-35-26-17-27(37-19-36-26)41-12-10-34-29(41)38-22-13-20(14-25(16-22)43-3)28(42)39(2)23-8-5-7-21(15-23)30(31,32)33/h5,7-8,10,12-17,19,24H,4,6,9,11,18H2,1-3H3,(H,34,38)(H,35,36,37). The molecule has 1 aliphatic heterocycles. The van der Waals surface area contributed by atoms with Crippen LogP contribution < -0.4 is 20.3 Å². The molecule has 0 bridgehead atoms. The van der Waals surface area contributed by atoms with Crippen molar-refractivity contribution in [1.29, 1.82) is 0 Å². The zero-order chi connectivity index (χ0) is 30.6. The number of carbonyl (C=O) groups excluding carboxylic acids is 1. The Balaban J connectivity index is 1.35. The Morgan fingerprint density at radius 1 is 1.14 bits per heavy atom. The fraction of sp³-hybridized carbons (Fsp3) is 0.333. The van der Waals surface area contributed by atoms with Gasteiger partial charge >= 0.3 is 6.18 Å². The average Bonchev–Trinajstić information content (AvgIpc) is 3.68. The topological polar surface area (TPSA) is 100 Å². The third-order valence-corrected chi connectivity index (χ3v) is 7.48. The first kappa shape index (κ1) is 29.8. The maximum absolute atomic E-state index is 13.4. The minimum atomic E-state index is -4.53. The van der Waals surface area contributed by atoms with E-state index >= 15 is 0 Å². The van der Waals surface area contributed by atoms with Gasteiger partial charge in [0.25, 0.3) is 5.91 Å². The van der Waals surface area contributed by atoms with Gasteiger partial charge in [-0.25, -0.2) is 15.0 Å². The van der Waals surface area contributed by atoms with Crippen molar-refractivity contribution in [3.8, 4) is 11.6 Å². The molecule has 0 saturated carbocycles. The molecule has 4 aromatic rings. The molecule has 2 N–H and O–H groups in total. The number of likely N-dealkylation sites (tertiary alicyclic amines) is 1. The number of carbonyl (C=O) groups is 1. The maximum Gasteiger partial charge on any atom is 0.416 e. The Morgan fingerprint density at radius 3 is 2.74 bits per heavy atom. The summed E-state index contributed by atoms with van der Waals surface area (Å²) in [6.07, 6.45) is 2.66. The highest BCUT2D eigenvalue weighted by molar-refractivity contribution is 6.06. The van der Waals surface area contributed by atoms with E-state index in [1.807, 2.05) is 6.07 Å². The van der Waals surface area contributed by atoms with Crippen LogP contribution in [-0.4, -0.2) is 70.2 Å². The summed E-state index contributed by atoms with van der Waals surface area (Å²) in [6, 6.07) is 11.7. The van der Waals surface area contributed by atoms with E-state index in [4.69, 9.17) is 4.74 Å². The molecular weight excluding hydrogens is 561 g/mol. The molecule has 5 rings (SSSR count). The molecule has 0 aliphatic carbocycles. The molecule has 1 fully saturated rings. The van der Waals surface area contributed by atoms with Crippen molar-refractivity contribution in [3.05, 3.63) is 78.4 Å². The fourth-order valence-corrected chi connectivity index (χ4v) is 5.16. The highest BCUT2D eigenvalue weighted by Crippen LogP contribution is 2.32. The van der Waals surface area contributed by atoms with Crippen LogP contribution in [0.4, 0.5) is 36.3 Å². The van der Waals surface area contributed by atoms with E-state index in [2.05, 4.69) is 37.4 Å². The van der Waals surface area contributed by atoms with Crippen molar-refractivity contribution in [2.45, 2.75) is 32.0 Å². The summed E-state index contributed by atoms with van der Waals surface area (Å²) < 4.78 is 46.9. The summed E-state index contributed by atoms with van der Waals surface area (Å²) in [6.45, 7) is 5.09. The summed E-state index contributed by atoms with van der Waals surface area (Å²) >= 11 is 0. The van der Waals surface area contributed by atoms with E-state index in [-0.39, 0.29) is 11.3 Å². The van der Waals surface area contributed by atoms with Gasteiger partial charge < -0.3 is 20.3 Å². The number of aromatic nitrogens is 4. The summed E-state index contributed by atoms with van der Waals surface area (Å²) in [4.78, 5) is 30.2. The van der Waals surface area contributed by atoms with E-state index in [0.29, 0.717) is 35.1 Å². The molecule has 43 heavy (non-hydrogen) atoms. The molecule has 0 spiro atoms. The van der Waals surface area contributed by atoms with Crippen LogP contribution in [0.15, 0.2) is 67.3 Å². The molecule has 2 aromatic carbocycles. The van der Waals surface area contributed by atoms with Crippen molar-refractivity contribution in [3.63, 3.8) is 0 Å². The lowest BCUT2D eigenvalue weighted by Crippen LogP contribution is -2.34. The van der Waals surface area contributed by atoms with E-state index in [0.717, 1.165) is 43.1 Å². The van der Waals surface area contributed by atoms with Crippen molar-refractivity contribution in [1.82, 2.24) is 24.4 Å². The molecule has 1 saturated heterocycles. The SMILES string of the molecule is CCN1CCCC1CNc1cc(-n2ccnc2Nc2cc(OC)cc(C(=O)N(C)c3cccc(C(F)(F)F)c3)c2)ncn1. The van der Waals surface area contributed by atoms with Crippen LogP contribution in [0.25, 0.3) is 5.82 Å². The molecule has 10 nitrogen and oxygen atoms in total. The number of halogens is 3. The molecule has 3 heterocycles. The zero-order valence-corrected chi connectivity index (χ0v) is 24.1. The van der Waals surface area contributed by atoms with Gasteiger partial charge in [-0.15, -0.1) is 0 Å². The number of nitrogens with one attached hydrogen (secondary N) is 2. The monoisotopic (exact) mass is 594 g/mol. The summed E-state index contributed by atoms with van der Waals surface area (Å²) in [7, 11) is 2.88. The van der Waals surface area contributed by atoms with Gasteiger partial charge in [-0.05, 0) is 56.3 Å². The van der Waals surface area contributed by atoms with Gasteiger partial charge in [0.15, 0.2) is 0 Å². The van der Waals surface area contributed by atoms with Crippen molar-refractivity contribution < 1.29 is 22.7 Å². The lowest BCUT2D eigenvalue weighted by atomic mass is 10.1. The van der Waals surface area contributed by atoms with Gasteiger partial charge in [0.1, 0.15) is 23.7 Å². The largest absolute Gasteiger partial charge is 0.497 e. The number of ether oxygens (including phenoxy) is 1. The highest BCUT2D eigenvalue weighted by atomic mass is 19.4. The Kier molecular flexibility index (Phi) is 8.81. The third kappa shape index (κ3) is 6.88.